The van der Waals surface area contributed by atoms with Crippen molar-refractivity contribution in [1.29, 1.82) is 0 Å². The molecule has 2 aromatic carbocycles. The smallest absolute Gasteiger partial charge is 0.387 e. The lowest BCUT2D eigenvalue weighted by Gasteiger charge is -2.41. The molecule has 2 atom stereocenters. The molecular formula is C31H28ClF4N3O7S. The Morgan fingerprint density at radius 1 is 1.09 bits per heavy atom. The summed E-state index contributed by atoms with van der Waals surface area (Å²) in [5.41, 5.74) is 1.38. The monoisotopic (exact) mass is 697 g/mol. The summed E-state index contributed by atoms with van der Waals surface area (Å²) in [5, 5.41) is 0.169. The van der Waals surface area contributed by atoms with Crippen LogP contribution in [0.2, 0.25) is 5.02 Å². The van der Waals surface area contributed by atoms with E-state index >= 15 is 0 Å². The number of alkyl halides is 4. The Labute approximate surface area is 272 Å². The van der Waals surface area contributed by atoms with E-state index in [-0.39, 0.29) is 34.3 Å². The number of allylic oxidation sites excluding steroid dienone is 2. The minimum absolute atomic E-state index is 0.0112. The van der Waals surface area contributed by atoms with Gasteiger partial charge >= 0.3 is 13.2 Å². The minimum atomic E-state index is -4.24. The Morgan fingerprint density at radius 3 is 2.51 bits per heavy atom. The first-order valence-electron chi connectivity index (χ1n) is 14.1. The number of ether oxygens (including phenoxy) is 4. The molecule has 2 heterocycles. The Hall–Kier alpha value is -4.02. The van der Waals surface area contributed by atoms with Crippen LogP contribution in [0.1, 0.15) is 35.2 Å². The fourth-order valence-corrected chi connectivity index (χ4v) is 6.29. The molecule has 1 fully saturated rings. The highest BCUT2D eigenvalue weighted by molar-refractivity contribution is 7.90. The molecule has 47 heavy (non-hydrogen) atoms. The summed E-state index contributed by atoms with van der Waals surface area (Å²) in [7, 11) is -4.24. The summed E-state index contributed by atoms with van der Waals surface area (Å²) in [6, 6.07) is 14.6. The highest BCUT2D eigenvalue weighted by Crippen LogP contribution is 2.42. The molecule has 0 spiro atoms. The third-order valence-corrected chi connectivity index (χ3v) is 8.67. The van der Waals surface area contributed by atoms with E-state index in [1.54, 1.807) is 29.4 Å². The first kappa shape index (κ1) is 34.3. The normalized spacial score (nSPS) is 19.8. The SMILES string of the molecule is O=C(NS(=O)(=O)c1cccc(Cl)c1)c1ccc(N(Cc2cccnc2)C2=CC=C(OC(F)F)[C@@](OC(F)F)(OC3CCCO3)C2)cc1. The second kappa shape index (κ2) is 14.8. The van der Waals surface area contributed by atoms with Gasteiger partial charge in [0.15, 0.2) is 12.0 Å². The highest BCUT2D eigenvalue weighted by Gasteiger charge is 2.48. The lowest BCUT2D eigenvalue weighted by atomic mass is 9.99. The van der Waals surface area contributed by atoms with Gasteiger partial charge in [0.1, 0.15) is 0 Å². The molecule has 3 aromatic rings. The predicted molar refractivity (Wildman–Crippen MR) is 161 cm³/mol. The Morgan fingerprint density at radius 2 is 1.87 bits per heavy atom. The third-order valence-electron chi connectivity index (χ3n) is 7.11. The van der Waals surface area contributed by atoms with Gasteiger partial charge in [0.05, 0.1) is 11.3 Å². The van der Waals surface area contributed by atoms with Crippen LogP contribution in [0.25, 0.3) is 0 Å². The molecule has 10 nitrogen and oxygen atoms in total. The summed E-state index contributed by atoms with van der Waals surface area (Å²) in [5.74, 6) is -4.06. The zero-order chi connectivity index (χ0) is 33.6. The zero-order valence-corrected chi connectivity index (χ0v) is 26.0. The van der Waals surface area contributed by atoms with Crippen molar-refractivity contribution in [2.45, 2.75) is 56.0 Å². The molecule has 0 saturated carbocycles. The average molecular weight is 698 g/mol. The molecule has 1 saturated heterocycles. The number of hydrogen-bond acceptors (Lipinski definition) is 9. The van der Waals surface area contributed by atoms with Crippen LogP contribution in [-0.2, 0) is 35.5 Å². The molecule has 250 valence electrons. The molecular weight excluding hydrogens is 670 g/mol. The number of amides is 1. The predicted octanol–water partition coefficient (Wildman–Crippen LogP) is 6.36. The zero-order valence-electron chi connectivity index (χ0n) is 24.4. The van der Waals surface area contributed by atoms with Gasteiger partial charge in [0.2, 0.25) is 5.79 Å². The number of aromatic nitrogens is 1. The van der Waals surface area contributed by atoms with E-state index in [2.05, 4.69) is 9.72 Å². The number of hydrogen-bond donors (Lipinski definition) is 1. The van der Waals surface area contributed by atoms with E-state index < -0.39 is 53.4 Å². The number of benzene rings is 2. The number of halogens is 5. The van der Waals surface area contributed by atoms with Gasteiger partial charge in [-0.05, 0) is 72.7 Å². The number of nitrogens with one attached hydrogen (secondary N) is 1. The van der Waals surface area contributed by atoms with Crippen molar-refractivity contribution in [1.82, 2.24) is 9.71 Å². The molecule has 1 amide bonds. The molecule has 0 radical (unpaired) electrons. The number of sulfonamides is 1. The van der Waals surface area contributed by atoms with Crippen LogP contribution >= 0.6 is 11.6 Å². The molecule has 0 bridgehead atoms. The Balaban J connectivity index is 1.48. The molecule has 2 aliphatic rings. The number of carbonyl (C=O) groups is 1. The van der Waals surface area contributed by atoms with Crippen LogP contribution in [0.15, 0.2) is 102 Å². The average Bonchev–Trinajstić information content (AvgIpc) is 3.53. The van der Waals surface area contributed by atoms with Gasteiger partial charge in [-0.25, -0.2) is 13.1 Å². The van der Waals surface area contributed by atoms with E-state index in [0.29, 0.717) is 24.1 Å². The molecule has 1 aromatic heterocycles. The highest BCUT2D eigenvalue weighted by atomic mass is 35.5. The quantitative estimate of drug-likeness (QED) is 0.161. The number of carbonyl (C=O) groups excluding carboxylic acids is 1. The van der Waals surface area contributed by atoms with Gasteiger partial charge < -0.3 is 19.1 Å². The molecule has 1 N–H and O–H groups in total. The van der Waals surface area contributed by atoms with Crippen LogP contribution in [0.5, 0.6) is 0 Å². The van der Waals surface area contributed by atoms with Crippen molar-refractivity contribution in [3.8, 4) is 0 Å². The maximum absolute atomic E-state index is 13.9. The summed E-state index contributed by atoms with van der Waals surface area (Å²) in [6.07, 6.45) is 4.95. The van der Waals surface area contributed by atoms with Crippen molar-refractivity contribution in [3.05, 3.63) is 113 Å². The van der Waals surface area contributed by atoms with E-state index in [1.807, 2.05) is 4.72 Å². The molecule has 1 unspecified atom stereocenters. The van der Waals surface area contributed by atoms with Crippen molar-refractivity contribution in [2.24, 2.45) is 0 Å². The number of anilines is 1. The van der Waals surface area contributed by atoms with Gasteiger partial charge in [0, 0.05) is 53.9 Å². The maximum Gasteiger partial charge on any atom is 0.387 e. The Kier molecular flexibility index (Phi) is 10.8. The van der Waals surface area contributed by atoms with Gasteiger partial charge in [0.25, 0.3) is 15.9 Å². The Bertz CT molecular complexity index is 1720. The van der Waals surface area contributed by atoms with E-state index in [0.717, 1.165) is 6.08 Å². The second-order valence-electron chi connectivity index (χ2n) is 10.3. The number of rotatable bonds is 13. The fraction of sp³-hybridized carbons (Fsp3) is 0.290. The minimum Gasteiger partial charge on any atom is -0.433 e. The van der Waals surface area contributed by atoms with E-state index in [1.165, 1.54) is 54.6 Å². The third kappa shape index (κ3) is 8.67. The van der Waals surface area contributed by atoms with E-state index in [9.17, 15) is 30.8 Å². The largest absolute Gasteiger partial charge is 0.433 e. The lowest BCUT2D eigenvalue weighted by molar-refractivity contribution is -0.350. The lowest BCUT2D eigenvalue weighted by Crippen LogP contribution is -2.47. The van der Waals surface area contributed by atoms with Gasteiger partial charge in [-0.15, -0.1) is 0 Å². The van der Waals surface area contributed by atoms with Crippen LogP contribution < -0.4 is 9.62 Å². The summed E-state index contributed by atoms with van der Waals surface area (Å²) in [4.78, 5) is 18.5. The number of pyridine rings is 1. The molecule has 16 heteroatoms. The first-order chi connectivity index (χ1) is 22.4. The molecule has 1 aliphatic heterocycles. The van der Waals surface area contributed by atoms with Crippen LogP contribution in [0.4, 0.5) is 23.2 Å². The summed E-state index contributed by atoms with van der Waals surface area (Å²) >= 11 is 5.90. The van der Waals surface area contributed by atoms with Crippen LogP contribution in [0, 0.1) is 0 Å². The standard InChI is InChI=1S/C31H28ClF4N3O7S/c32-22-5-1-6-25(16-22)47(41,42)38-28(40)21-8-10-23(11-9-21)39(19-20-4-2-14-37-18-20)24-12-13-26(44-29(33)34)31(17-24,46-30(35)36)45-27-7-3-15-43-27/h1-2,4-6,8-14,16,18,27,29-30H,3,7,15,17,19H2,(H,38,40)/t27?,31-/m1/s1. The molecule has 1 aliphatic carbocycles. The van der Waals surface area contributed by atoms with Crippen molar-refractivity contribution in [3.63, 3.8) is 0 Å². The summed E-state index contributed by atoms with van der Waals surface area (Å²) in [6.45, 7) is -6.41. The van der Waals surface area contributed by atoms with Gasteiger partial charge in [-0.1, -0.05) is 23.7 Å². The van der Waals surface area contributed by atoms with Crippen LogP contribution in [-0.4, -0.2) is 51.2 Å². The van der Waals surface area contributed by atoms with Crippen molar-refractivity contribution < 1.29 is 49.7 Å². The molecule has 5 rings (SSSR count). The van der Waals surface area contributed by atoms with Crippen LogP contribution in [0.3, 0.4) is 0 Å². The van der Waals surface area contributed by atoms with Gasteiger partial charge in [-0.2, -0.15) is 17.6 Å². The second-order valence-corrected chi connectivity index (χ2v) is 12.4. The van der Waals surface area contributed by atoms with Crippen molar-refractivity contribution >= 4 is 33.2 Å². The van der Waals surface area contributed by atoms with Gasteiger partial charge in [-0.3, -0.25) is 14.5 Å². The maximum atomic E-state index is 13.9. The first-order valence-corrected chi connectivity index (χ1v) is 16.0. The fourth-order valence-electron chi connectivity index (χ4n) is 5.02. The summed E-state index contributed by atoms with van der Waals surface area (Å²) < 4.78 is 103. The van der Waals surface area contributed by atoms with Crippen molar-refractivity contribution in [2.75, 3.05) is 11.5 Å². The number of nitrogens with zero attached hydrogens (tertiary/aromatic N) is 2. The topological polar surface area (TPSA) is 116 Å². The van der Waals surface area contributed by atoms with E-state index in [4.69, 9.17) is 25.8 Å².